The molecule has 4 rings (SSSR count). The molecule has 23 heavy (non-hydrogen) atoms. The van der Waals surface area contributed by atoms with Crippen LogP contribution in [0.4, 0.5) is 0 Å². The lowest BCUT2D eigenvalue weighted by molar-refractivity contribution is 0.159. The highest BCUT2D eigenvalue weighted by molar-refractivity contribution is 5.12. The van der Waals surface area contributed by atoms with E-state index in [9.17, 15) is 4.79 Å². The second kappa shape index (κ2) is 6.23. The van der Waals surface area contributed by atoms with E-state index in [4.69, 9.17) is 4.52 Å². The van der Waals surface area contributed by atoms with E-state index in [2.05, 4.69) is 20.1 Å². The molecule has 2 aromatic rings. The van der Waals surface area contributed by atoms with Gasteiger partial charge in [-0.15, -0.1) is 0 Å². The van der Waals surface area contributed by atoms with E-state index < -0.39 is 0 Å². The topological polar surface area (TPSA) is 77.0 Å². The normalized spacial score (nSPS) is 20.0. The van der Waals surface area contributed by atoms with Crippen molar-refractivity contribution in [3.63, 3.8) is 0 Å². The summed E-state index contributed by atoms with van der Waals surface area (Å²) in [5, 5.41) is 8.42. The van der Waals surface area contributed by atoms with E-state index in [1.807, 2.05) is 6.07 Å². The summed E-state index contributed by atoms with van der Waals surface area (Å²) < 4.78 is 6.44. The predicted octanol–water partition coefficient (Wildman–Crippen LogP) is 1.42. The van der Waals surface area contributed by atoms with Crippen molar-refractivity contribution in [2.75, 3.05) is 13.1 Å². The molecule has 1 saturated carbocycles. The zero-order valence-electron chi connectivity index (χ0n) is 13.1. The molecular formula is C16H21N5O2. The zero-order chi connectivity index (χ0) is 15.6. The van der Waals surface area contributed by atoms with Crippen molar-refractivity contribution >= 4 is 0 Å². The third kappa shape index (κ3) is 3.50. The molecule has 1 aliphatic heterocycles. The van der Waals surface area contributed by atoms with Crippen LogP contribution in [-0.2, 0) is 13.1 Å². The van der Waals surface area contributed by atoms with Crippen molar-refractivity contribution in [2.24, 2.45) is 5.92 Å². The first-order valence-electron chi connectivity index (χ1n) is 8.33. The lowest BCUT2D eigenvalue weighted by atomic mass is 9.97. The first-order valence-corrected chi connectivity index (χ1v) is 8.33. The van der Waals surface area contributed by atoms with Crippen LogP contribution in [0.5, 0.6) is 0 Å². The number of hydrogen-bond acceptors (Lipinski definition) is 6. The first-order chi connectivity index (χ1) is 11.3. The van der Waals surface area contributed by atoms with E-state index in [0.29, 0.717) is 11.8 Å². The molecule has 2 fully saturated rings. The van der Waals surface area contributed by atoms with Crippen molar-refractivity contribution < 1.29 is 4.52 Å². The van der Waals surface area contributed by atoms with Gasteiger partial charge in [0.05, 0.1) is 12.2 Å². The van der Waals surface area contributed by atoms with Crippen molar-refractivity contribution in [3.8, 4) is 0 Å². The first kappa shape index (κ1) is 14.6. The standard InChI is InChI=1S/C16H21N5O2/c22-16-4-3-14(13-1-2-13)18-21(16)9-12-5-7-20(8-6-12)10-15-17-11-23-19-15/h3-4,11-13H,1-2,5-10H2. The van der Waals surface area contributed by atoms with Gasteiger partial charge in [-0.05, 0) is 50.8 Å². The van der Waals surface area contributed by atoms with Gasteiger partial charge >= 0.3 is 0 Å². The van der Waals surface area contributed by atoms with Crippen LogP contribution in [0.25, 0.3) is 0 Å². The fourth-order valence-electron chi connectivity index (χ4n) is 3.23. The summed E-state index contributed by atoms with van der Waals surface area (Å²) in [5.74, 6) is 1.83. The smallest absolute Gasteiger partial charge is 0.266 e. The second-order valence-electron chi connectivity index (χ2n) is 6.62. The maximum Gasteiger partial charge on any atom is 0.266 e. The quantitative estimate of drug-likeness (QED) is 0.830. The molecule has 122 valence electrons. The maximum atomic E-state index is 12.0. The minimum absolute atomic E-state index is 0.0172. The Morgan fingerprint density at radius 3 is 2.70 bits per heavy atom. The van der Waals surface area contributed by atoms with Gasteiger partial charge in [-0.25, -0.2) is 4.68 Å². The molecule has 0 bridgehead atoms. The van der Waals surface area contributed by atoms with Gasteiger partial charge in [0.15, 0.2) is 5.82 Å². The number of rotatable bonds is 5. The Labute approximate surface area is 134 Å². The average Bonchev–Trinajstić information content (AvgIpc) is 3.29. The Hall–Kier alpha value is -2.02. The van der Waals surface area contributed by atoms with Crippen LogP contribution >= 0.6 is 0 Å². The summed E-state index contributed by atoms with van der Waals surface area (Å²) in [6, 6.07) is 3.57. The Kier molecular flexibility index (Phi) is 3.95. The molecule has 0 N–H and O–H groups in total. The van der Waals surface area contributed by atoms with E-state index >= 15 is 0 Å². The third-order valence-corrected chi connectivity index (χ3v) is 4.79. The van der Waals surface area contributed by atoms with Gasteiger partial charge in [-0.1, -0.05) is 5.16 Å². The van der Waals surface area contributed by atoms with Crippen LogP contribution in [0.15, 0.2) is 27.8 Å². The van der Waals surface area contributed by atoms with Gasteiger partial charge < -0.3 is 4.52 Å². The summed E-state index contributed by atoms with van der Waals surface area (Å²) in [6.07, 6.45) is 5.92. The van der Waals surface area contributed by atoms with Crippen LogP contribution in [-0.4, -0.2) is 37.9 Å². The number of likely N-dealkylation sites (tertiary alicyclic amines) is 1. The van der Waals surface area contributed by atoms with Crippen LogP contribution in [0.2, 0.25) is 0 Å². The van der Waals surface area contributed by atoms with E-state index in [1.54, 1.807) is 10.7 Å². The molecule has 0 aromatic carbocycles. The molecule has 1 aliphatic carbocycles. The molecule has 2 aliphatic rings. The van der Waals surface area contributed by atoms with Gasteiger partial charge in [0, 0.05) is 18.5 Å². The van der Waals surface area contributed by atoms with Gasteiger partial charge in [-0.3, -0.25) is 9.69 Å². The number of aromatic nitrogens is 4. The lowest BCUT2D eigenvalue weighted by Crippen LogP contribution is -2.36. The maximum absolute atomic E-state index is 12.0. The molecule has 7 heteroatoms. The Bertz CT molecular complexity index is 700. The monoisotopic (exact) mass is 315 g/mol. The van der Waals surface area contributed by atoms with Crippen molar-refractivity contribution in [1.82, 2.24) is 24.8 Å². The van der Waals surface area contributed by atoms with Gasteiger partial charge in [-0.2, -0.15) is 10.1 Å². The number of piperidine rings is 1. The molecule has 3 heterocycles. The Balaban J connectivity index is 1.34. The average molecular weight is 315 g/mol. The SMILES string of the molecule is O=c1ccc(C2CC2)nn1CC1CCN(Cc2ncon2)CC1. The highest BCUT2D eigenvalue weighted by Gasteiger charge is 2.26. The summed E-state index contributed by atoms with van der Waals surface area (Å²) in [4.78, 5) is 18.4. The second-order valence-corrected chi connectivity index (χ2v) is 6.62. The van der Waals surface area contributed by atoms with Crippen molar-refractivity contribution in [2.45, 2.75) is 44.7 Å². The third-order valence-electron chi connectivity index (χ3n) is 4.79. The lowest BCUT2D eigenvalue weighted by Gasteiger charge is -2.31. The number of hydrogen-bond donors (Lipinski definition) is 0. The van der Waals surface area contributed by atoms with Gasteiger partial charge in [0.1, 0.15) is 0 Å². The van der Waals surface area contributed by atoms with Crippen molar-refractivity contribution in [1.29, 1.82) is 0 Å². The molecule has 0 atom stereocenters. The highest BCUT2D eigenvalue weighted by atomic mass is 16.5. The Morgan fingerprint density at radius 2 is 2.00 bits per heavy atom. The van der Waals surface area contributed by atoms with Crippen LogP contribution < -0.4 is 5.56 Å². The van der Waals surface area contributed by atoms with Crippen LogP contribution in [0.1, 0.15) is 43.1 Å². The molecule has 7 nitrogen and oxygen atoms in total. The predicted molar refractivity (Wildman–Crippen MR) is 82.8 cm³/mol. The molecular weight excluding hydrogens is 294 g/mol. The highest BCUT2D eigenvalue weighted by Crippen LogP contribution is 2.38. The van der Waals surface area contributed by atoms with Gasteiger partial charge in [0.2, 0.25) is 6.39 Å². The minimum atomic E-state index is 0.0172. The summed E-state index contributed by atoms with van der Waals surface area (Å²) in [7, 11) is 0. The summed E-state index contributed by atoms with van der Waals surface area (Å²) in [6.45, 7) is 3.46. The van der Waals surface area contributed by atoms with Crippen molar-refractivity contribution in [3.05, 3.63) is 40.4 Å². The molecule has 2 aromatic heterocycles. The number of nitrogens with zero attached hydrogens (tertiary/aromatic N) is 5. The molecule has 0 spiro atoms. The van der Waals surface area contributed by atoms with Crippen LogP contribution in [0.3, 0.4) is 0 Å². The molecule has 0 unspecified atom stereocenters. The van der Waals surface area contributed by atoms with Crippen LogP contribution in [0, 0.1) is 5.92 Å². The summed E-state index contributed by atoms with van der Waals surface area (Å²) in [5.41, 5.74) is 1.10. The fourth-order valence-corrected chi connectivity index (χ4v) is 3.23. The largest absolute Gasteiger partial charge is 0.343 e. The van der Waals surface area contributed by atoms with E-state index in [-0.39, 0.29) is 5.56 Å². The zero-order valence-corrected chi connectivity index (χ0v) is 13.1. The molecule has 0 amide bonds. The van der Waals surface area contributed by atoms with Gasteiger partial charge in [0.25, 0.3) is 5.56 Å². The molecule has 1 saturated heterocycles. The summed E-state index contributed by atoms with van der Waals surface area (Å²) >= 11 is 0. The minimum Gasteiger partial charge on any atom is -0.343 e. The van der Waals surface area contributed by atoms with E-state index in [1.165, 1.54) is 19.2 Å². The van der Waals surface area contributed by atoms with E-state index in [0.717, 1.165) is 50.5 Å². The Morgan fingerprint density at radius 1 is 1.17 bits per heavy atom. The fraction of sp³-hybridized carbons (Fsp3) is 0.625. The molecule has 0 radical (unpaired) electrons.